The molecule has 2 nitrogen and oxygen atoms in total. The van der Waals surface area contributed by atoms with E-state index in [0.717, 1.165) is 13.1 Å². The van der Waals surface area contributed by atoms with Crippen LogP contribution in [0, 0.1) is 12.5 Å². The van der Waals surface area contributed by atoms with Gasteiger partial charge >= 0.3 is 0 Å². The molecule has 0 aromatic heterocycles. The molecule has 1 fully saturated rings. The van der Waals surface area contributed by atoms with Gasteiger partial charge in [0.2, 0.25) is 0 Å². The van der Waals surface area contributed by atoms with Crippen LogP contribution >= 0.6 is 0 Å². The maximum absolute atomic E-state index is 4.86. The summed E-state index contributed by atoms with van der Waals surface area (Å²) in [6, 6.07) is 0. The van der Waals surface area contributed by atoms with Crippen molar-refractivity contribution < 1.29 is 4.74 Å². The van der Waals surface area contributed by atoms with Crippen LogP contribution in [-0.4, -0.2) is 20.2 Å². The van der Waals surface area contributed by atoms with Crippen molar-refractivity contribution in [3.05, 3.63) is 6.61 Å². The summed E-state index contributed by atoms with van der Waals surface area (Å²) in [5.41, 5.74) is 0. The van der Waals surface area contributed by atoms with Crippen LogP contribution in [0.1, 0.15) is 6.42 Å². The lowest BCUT2D eigenvalue weighted by molar-refractivity contribution is 0.234. The summed E-state index contributed by atoms with van der Waals surface area (Å²) in [7, 11) is 1.71. The zero-order valence-corrected chi connectivity index (χ0v) is 5.18. The second-order valence-electron chi connectivity index (χ2n) is 2.12. The molecule has 1 atom stereocenters. The van der Waals surface area contributed by atoms with E-state index < -0.39 is 0 Å². The summed E-state index contributed by atoms with van der Waals surface area (Å²) in [6.07, 6.45) is 1.23. The van der Waals surface area contributed by atoms with Gasteiger partial charge in [-0.1, -0.05) is 0 Å². The minimum absolute atomic E-state index is 0.653. The molecule has 1 rings (SSSR count). The Labute approximate surface area is 50.2 Å². The second-order valence-corrected chi connectivity index (χ2v) is 2.12. The fraction of sp³-hybridized carbons (Fsp3) is 0.833. The Hall–Kier alpha value is -0.0800. The predicted octanol–water partition coefficient (Wildman–Crippen LogP) is 0.404. The SMILES string of the molecule is CO[CH]C1CCNC1. The molecule has 8 heavy (non-hydrogen) atoms. The molecule has 0 aromatic carbocycles. The van der Waals surface area contributed by atoms with E-state index >= 15 is 0 Å². The summed E-state index contributed by atoms with van der Waals surface area (Å²) < 4.78 is 4.86. The number of methoxy groups -OCH3 is 1. The van der Waals surface area contributed by atoms with E-state index in [4.69, 9.17) is 4.74 Å². The molecule has 0 amide bonds. The maximum Gasteiger partial charge on any atom is 0.0876 e. The van der Waals surface area contributed by atoms with Crippen LogP contribution < -0.4 is 5.32 Å². The van der Waals surface area contributed by atoms with Gasteiger partial charge in [0, 0.05) is 19.6 Å². The lowest BCUT2D eigenvalue weighted by Crippen LogP contribution is -2.09. The van der Waals surface area contributed by atoms with Gasteiger partial charge in [-0.3, -0.25) is 0 Å². The van der Waals surface area contributed by atoms with E-state index in [-0.39, 0.29) is 0 Å². The first-order chi connectivity index (χ1) is 3.93. The molecule has 1 N–H and O–H groups in total. The van der Waals surface area contributed by atoms with Crippen LogP contribution in [0.5, 0.6) is 0 Å². The highest BCUT2D eigenvalue weighted by Crippen LogP contribution is 2.09. The van der Waals surface area contributed by atoms with Gasteiger partial charge in [0.05, 0.1) is 6.61 Å². The third-order valence-electron chi connectivity index (χ3n) is 1.43. The Morgan fingerprint density at radius 1 is 1.75 bits per heavy atom. The van der Waals surface area contributed by atoms with E-state index in [1.54, 1.807) is 7.11 Å². The molecule has 0 aliphatic carbocycles. The molecule has 0 spiro atoms. The summed E-state index contributed by atoms with van der Waals surface area (Å²) in [4.78, 5) is 0. The highest BCUT2D eigenvalue weighted by atomic mass is 16.5. The third kappa shape index (κ3) is 1.46. The molecule has 1 aliphatic rings. The van der Waals surface area contributed by atoms with Crippen LogP contribution in [0.25, 0.3) is 0 Å². The highest BCUT2D eigenvalue weighted by molar-refractivity contribution is 4.76. The first kappa shape index (κ1) is 6.05. The van der Waals surface area contributed by atoms with Crippen molar-refractivity contribution in [2.45, 2.75) is 6.42 Å². The van der Waals surface area contributed by atoms with Gasteiger partial charge in [-0.25, -0.2) is 0 Å². The minimum Gasteiger partial charge on any atom is -0.378 e. The van der Waals surface area contributed by atoms with Crippen LogP contribution in [0.2, 0.25) is 0 Å². The Kier molecular flexibility index (Phi) is 2.30. The van der Waals surface area contributed by atoms with E-state index in [9.17, 15) is 0 Å². The molecule has 0 saturated carbocycles. The minimum atomic E-state index is 0.653. The average Bonchev–Trinajstić information content (AvgIpc) is 2.19. The Bertz CT molecular complexity index is 59.5. The van der Waals surface area contributed by atoms with Crippen molar-refractivity contribution in [3.63, 3.8) is 0 Å². The van der Waals surface area contributed by atoms with E-state index in [0.29, 0.717) is 5.92 Å². The molecule has 47 valence electrons. The Morgan fingerprint density at radius 2 is 2.62 bits per heavy atom. The standard InChI is InChI=1S/C6H12NO/c1-8-5-6-2-3-7-4-6/h5-7H,2-4H2,1H3. The van der Waals surface area contributed by atoms with Gasteiger partial charge < -0.3 is 10.1 Å². The quantitative estimate of drug-likeness (QED) is 0.561. The molecule has 2 heteroatoms. The highest BCUT2D eigenvalue weighted by Gasteiger charge is 2.13. The largest absolute Gasteiger partial charge is 0.378 e. The van der Waals surface area contributed by atoms with E-state index in [1.165, 1.54) is 6.42 Å². The van der Waals surface area contributed by atoms with Crippen molar-refractivity contribution in [1.82, 2.24) is 5.32 Å². The first-order valence-corrected chi connectivity index (χ1v) is 3.00. The van der Waals surface area contributed by atoms with Gasteiger partial charge in [0.15, 0.2) is 0 Å². The maximum atomic E-state index is 4.86. The molecule has 1 saturated heterocycles. The number of hydrogen-bond donors (Lipinski definition) is 1. The van der Waals surface area contributed by atoms with Gasteiger partial charge in [-0.15, -0.1) is 0 Å². The van der Waals surface area contributed by atoms with Crippen LogP contribution in [0.15, 0.2) is 0 Å². The van der Waals surface area contributed by atoms with Gasteiger partial charge in [-0.2, -0.15) is 0 Å². The van der Waals surface area contributed by atoms with Crippen LogP contribution in [0.3, 0.4) is 0 Å². The fourth-order valence-corrected chi connectivity index (χ4v) is 0.986. The topological polar surface area (TPSA) is 21.3 Å². The van der Waals surface area contributed by atoms with Crippen molar-refractivity contribution in [2.75, 3.05) is 20.2 Å². The normalized spacial score (nSPS) is 28.9. The molecular formula is C6H12NO. The van der Waals surface area contributed by atoms with E-state index in [2.05, 4.69) is 5.32 Å². The van der Waals surface area contributed by atoms with Crippen LogP contribution in [0.4, 0.5) is 0 Å². The molecule has 1 unspecified atom stereocenters. The van der Waals surface area contributed by atoms with Crippen molar-refractivity contribution in [1.29, 1.82) is 0 Å². The third-order valence-corrected chi connectivity index (χ3v) is 1.43. The van der Waals surface area contributed by atoms with Crippen molar-refractivity contribution in [2.24, 2.45) is 5.92 Å². The molecule has 1 heterocycles. The lowest BCUT2D eigenvalue weighted by atomic mass is 10.1. The monoisotopic (exact) mass is 114 g/mol. The molecule has 0 bridgehead atoms. The molecule has 1 radical (unpaired) electrons. The Morgan fingerprint density at radius 3 is 3.12 bits per heavy atom. The number of hydrogen-bond acceptors (Lipinski definition) is 2. The van der Waals surface area contributed by atoms with Gasteiger partial charge in [0.1, 0.15) is 0 Å². The summed E-state index contributed by atoms with van der Waals surface area (Å²) in [5, 5.41) is 3.25. The predicted molar refractivity (Wildman–Crippen MR) is 32.3 cm³/mol. The zero-order valence-electron chi connectivity index (χ0n) is 5.18. The van der Waals surface area contributed by atoms with Crippen molar-refractivity contribution >= 4 is 0 Å². The lowest BCUT2D eigenvalue weighted by Gasteiger charge is -2.02. The van der Waals surface area contributed by atoms with Gasteiger partial charge in [-0.05, 0) is 13.0 Å². The van der Waals surface area contributed by atoms with Crippen molar-refractivity contribution in [3.8, 4) is 0 Å². The number of nitrogens with one attached hydrogen (secondary N) is 1. The molecule has 1 aliphatic heterocycles. The summed E-state index contributed by atoms with van der Waals surface area (Å²) in [6.45, 7) is 4.14. The second kappa shape index (κ2) is 3.05. The molecular weight excluding hydrogens is 102 g/mol. The molecule has 0 aromatic rings. The zero-order chi connectivity index (χ0) is 5.82. The Balaban J connectivity index is 2.06. The number of ether oxygens (including phenoxy) is 1. The number of rotatable bonds is 2. The smallest absolute Gasteiger partial charge is 0.0876 e. The first-order valence-electron chi connectivity index (χ1n) is 3.00. The fourth-order valence-electron chi connectivity index (χ4n) is 0.986. The van der Waals surface area contributed by atoms with Gasteiger partial charge in [0.25, 0.3) is 0 Å². The van der Waals surface area contributed by atoms with Crippen LogP contribution in [-0.2, 0) is 4.74 Å². The van der Waals surface area contributed by atoms with E-state index in [1.807, 2.05) is 6.61 Å². The summed E-state index contributed by atoms with van der Waals surface area (Å²) >= 11 is 0. The average molecular weight is 114 g/mol. The summed E-state index contributed by atoms with van der Waals surface area (Å²) in [5.74, 6) is 0.653.